The number of carbonyl (C=O) groups excluding carboxylic acids is 3. The smallest absolute Gasteiger partial charge is 0.338 e. The van der Waals surface area contributed by atoms with E-state index in [0.717, 1.165) is 16.7 Å². The Morgan fingerprint density at radius 3 is 2.29 bits per heavy atom. The van der Waals surface area contributed by atoms with Gasteiger partial charge in [-0.25, -0.2) is 4.79 Å². The fourth-order valence-electron chi connectivity index (χ4n) is 2.93. The van der Waals surface area contributed by atoms with Gasteiger partial charge < -0.3 is 15.4 Å². The molecular weight excluding hydrogens is 392 g/mol. The molecule has 31 heavy (non-hydrogen) atoms. The molecule has 2 N–H and O–H groups in total. The third-order valence-corrected chi connectivity index (χ3v) is 4.82. The van der Waals surface area contributed by atoms with E-state index >= 15 is 0 Å². The van der Waals surface area contributed by atoms with Crippen molar-refractivity contribution in [1.29, 1.82) is 0 Å². The number of hydrogen-bond acceptors (Lipinski definition) is 4. The maximum absolute atomic E-state index is 12.6. The van der Waals surface area contributed by atoms with Crippen LogP contribution in [0.3, 0.4) is 0 Å². The number of para-hydroxylation sites is 1. The van der Waals surface area contributed by atoms with Crippen molar-refractivity contribution in [2.45, 2.75) is 20.4 Å². The van der Waals surface area contributed by atoms with Crippen molar-refractivity contribution in [2.75, 3.05) is 11.9 Å². The second-order valence-corrected chi connectivity index (χ2v) is 7.14. The number of hydrogen-bond donors (Lipinski definition) is 2. The van der Waals surface area contributed by atoms with Crippen LogP contribution in [-0.4, -0.2) is 24.4 Å². The quantitative estimate of drug-likeness (QED) is 0.570. The van der Waals surface area contributed by atoms with Crippen LogP contribution >= 0.6 is 0 Å². The number of anilines is 1. The predicted molar refractivity (Wildman–Crippen MR) is 119 cm³/mol. The van der Waals surface area contributed by atoms with Gasteiger partial charge in [-0.15, -0.1) is 0 Å². The van der Waals surface area contributed by atoms with Crippen molar-refractivity contribution in [3.05, 3.63) is 101 Å². The minimum Gasteiger partial charge on any atom is -0.452 e. The molecule has 0 saturated carbocycles. The third-order valence-electron chi connectivity index (χ3n) is 4.82. The number of carbonyl (C=O) groups is 3. The predicted octanol–water partition coefficient (Wildman–Crippen LogP) is 4.03. The average molecular weight is 416 g/mol. The molecule has 0 aromatic heterocycles. The van der Waals surface area contributed by atoms with Crippen molar-refractivity contribution in [1.82, 2.24) is 5.32 Å². The number of benzene rings is 3. The second kappa shape index (κ2) is 10.2. The lowest BCUT2D eigenvalue weighted by molar-refractivity contribution is -0.119. The van der Waals surface area contributed by atoms with Crippen LogP contribution in [0.15, 0.2) is 72.8 Å². The molecule has 3 rings (SSSR count). The molecule has 2 amide bonds. The zero-order valence-electron chi connectivity index (χ0n) is 17.5. The molecule has 0 radical (unpaired) electrons. The van der Waals surface area contributed by atoms with Crippen LogP contribution in [0.25, 0.3) is 0 Å². The summed E-state index contributed by atoms with van der Waals surface area (Å²) in [7, 11) is 0. The van der Waals surface area contributed by atoms with Crippen LogP contribution in [0.4, 0.5) is 5.69 Å². The summed E-state index contributed by atoms with van der Waals surface area (Å²) in [5.41, 5.74) is 4.06. The molecule has 158 valence electrons. The zero-order valence-corrected chi connectivity index (χ0v) is 17.5. The summed E-state index contributed by atoms with van der Waals surface area (Å²) in [6, 6.07) is 21.4. The maximum atomic E-state index is 12.6. The van der Waals surface area contributed by atoms with Crippen LogP contribution < -0.4 is 10.6 Å². The monoisotopic (exact) mass is 416 g/mol. The van der Waals surface area contributed by atoms with Gasteiger partial charge in [0, 0.05) is 6.54 Å². The maximum Gasteiger partial charge on any atom is 0.338 e. The Morgan fingerprint density at radius 1 is 0.839 bits per heavy atom. The minimum absolute atomic E-state index is 0.313. The van der Waals surface area contributed by atoms with Gasteiger partial charge in [0.1, 0.15) is 0 Å². The van der Waals surface area contributed by atoms with Crippen molar-refractivity contribution < 1.29 is 19.1 Å². The Hall–Kier alpha value is -3.93. The summed E-state index contributed by atoms with van der Waals surface area (Å²) in [4.78, 5) is 37.1. The molecule has 0 saturated heterocycles. The third kappa shape index (κ3) is 6.02. The topological polar surface area (TPSA) is 84.5 Å². The lowest BCUT2D eigenvalue weighted by Gasteiger charge is -2.12. The Bertz CT molecular complexity index is 1090. The van der Waals surface area contributed by atoms with Gasteiger partial charge in [-0.2, -0.15) is 0 Å². The molecule has 6 nitrogen and oxygen atoms in total. The molecular formula is C25H24N2O4. The SMILES string of the molecule is Cc1ccc(C(=O)OCC(=O)Nc2ccccc2C(=O)NCc2ccccc2)cc1C. The van der Waals surface area contributed by atoms with E-state index < -0.39 is 18.5 Å². The molecule has 0 bridgehead atoms. The Labute approximate surface area is 181 Å². The molecule has 0 atom stereocenters. The standard InChI is InChI=1S/C25H24N2O4/c1-17-12-13-20(14-18(17)2)25(30)31-16-23(28)27-22-11-7-6-10-21(22)24(29)26-15-19-8-4-3-5-9-19/h3-14H,15-16H2,1-2H3,(H,26,29)(H,27,28). The van der Waals surface area contributed by atoms with Crippen LogP contribution in [0.5, 0.6) is 0 Å². The molecule has 0 aliphatic carbocycles. The summed E-state index contributed by atoms with van der Waals surface area (Å²) in [6.45, 7) is 3.77. The minimum atomic E-state index is -0.577. The number of rotatable bonds is 7. The first-order valence-corrected chi connectivity index (χ1v) is 9.89. The number of ether oxygens (including phenoxy) is 1. The normalized spacial score (nSPS) is 10.3. The highest BCUT2D eigenvalue weighted by atomic mass is 16.5. The zero-order chi connectivity index (χ0) is 22.2. The van der Waals surface area contributed by atoms with Gasteiger partial charge in [0.05, 0.1) is 16.8 Å². The number of nitrogens with one attached hydrogen (secondary N) is 2. The van der Waals surface area contributed by atoms with Gasteiger partial charge in [-0.3, -0.25) is 9.59 Å². The highest BCUT2D eigenvalue weighted by molar-refractivity contribution is 6.04. The van der Waals surface area contributed by atoms with Gasteiger partial charge in [0.15, 0.2) is 6.61 Å². The van der Waals surface area contributed by atoms with Gasteiger partial charge in [0.2, 0.25) is 0 Å². The van der Waals surface area contributed by atoms with Gasteiger partial charge in [0.25, 0.3) is 11.8 Å². The lowest BCUT2D eigenvalue weighted by Crippen LogP contribution is -2.26. The molecule has 3 aromatic rings. The molecule has 0 aliphatic heterocycles. The first-order valence-electron chi connectivity index (χ1n) is 9.89. The highest BCUT2D eigenvalue weighted by Crippen LogP contribution is 2.16. The fraction of sp³-hybridized carbons (Fsp3) is 0.160. The van der Waals surface area contributed by atoms with Gasteiger partial charge in [-0.1, -0.05) is 48.5 Å². The van der Waals surface area contributed by atoms with Crippen LogP contribution in [0.2, 0.25) is 0 Å². The molecule has 3 aromatic carbocycles. The molecule has 0 aliphatic rings. The molecule has 0 spiro atoms. The van der Waals surface area contributed by atoms with E-state index in [2.05, 4.69) is 10.6 Å². The van der Waals surface area contributed by atoms with Crippen molar-refractivity contribution >= 4 is 23.5 Å². The molecule has 0 unspecified atom stereocenters. The first kappa shape index (κ1) is 21.8. The van der Waals surface area contributed by atoms with E-state index in [1.165, 1.54) is 0 Å². The van der Waals surface area contributed by atoms with Crippen molar-refractivity contribution in [3.63, 3.8) is 0 Å². The summed E-state index contributed by atoms with van der Waals surface area (Å²) in [6.07, 6.45) is 0. The second-order valence-electron chi connectivity index (χ2n) is 7.14. The van der Waals surface area contributed by atoms with E-state index in [1.54, 1.807) is 36.4 Å². The first-order chi connectivity index (χ1) is 14.9. The summed E-state index contributed by atoms with van der Waals surface area (Å²) < 4.78 is 5.11. The Balaban J connectivity index is 1.58. The average Bonchev–Trinajstić information content (AvgIpc) is 2.78. The summed E-state index contributed by atoms with van der Waals surface area (Å²) in [5.74, 6) is -1.42. The van der Waals surface area contributed by atoms with E-state index in [0.29, 0.717) is 23.4 Å². The lowest BCUT2D eigenvalue weighted by atomic mass is 10.1. The summed E-state index contributed by atoms with van der Waals surface area (Å²) in [5, 5.41) is 5.47. The van der Waals surface area contributed by atoms with E-state index in [4.69, 9.17) is 4.74 Å². The van der Waals surface area contributed by atoms with Crippen LogP contribution in [-0.2, 0) is 16.1 Å². The van der Waals surface area contributed by atoms with Crippen molar-refractivity contribution in [2.24, 2.45) is 0 Å². The number of aryl methyl sites for hydroxylation is 2. The number of esters is 1. The summed E-state index contributed by atoms with van der Waals surface area (Å²) >= 11 is 0. The van der Waals surface area contributed by atoms with E-state index in [9.17, 15) is 14.4 Å². The van der Waals surface area contributed by atoms with Crippen LogP contribution in [0, 0.1) is 13.8 Å². The van der Waals surface area contributed by atoms with Gasteiger partial charge in [-0.05, 0) is 54.8 Å². The van der Waals surface area contributed by atoms with Gasteiger partial charge >= 0.3 is 5.97 Å². The largest absolute Gasteiger partial charge is 0.452 e. The molecule has 6 heteroatoms. The van der Waals surface area contributed by atoms with E-state index in [-0.39, 0.29) is 5.91 Å². The Kier molecular flexibility index (Phi) is 7.17. The fourth-order valence-corrected chi connectivity index (χ4v) is 2.93. The molecule has 0 fully saturated rings. The molecule has 0 heterocycles. The number of amides is 2. The van der Waals surface area contributed by atoms with E-state index in [1.807, 2.05) is 50.2 Å². The van der Waals surface area contributed by atoms with Crippen molar-refractivity contribution in [3.8, 4) is 0 Å². The van der Waals surface area contributed by atoms with Crippen LogP contribution in [0.1, 0.15) is 37.4 Å². The highest BCUT2D eigenvalue weighted by Gasteiger charge is 2.15. The Morgan fingerprint density at radius 2 is 1.55 bits per heavy atom.